The summed E-state index contributed by atoms with van der Waals surface area (Å²) in [6, 6.07) is 9.34. The van der Waals surface area contributed by atoms with E-state index >= 15 is 0 Å². The summed E-state index contributed by atoms with van der Waals surface area (Å²) in [4.78, 5) is 41.4. The van der Waals surface area contributed by atoms with Crippen molar-refractivity contribution in [1.29, 1.82) is 0 Å². The predicted octanol–water partition coefficient (Wildman–Crippen LogP) is 4.65. The lowest BCUT2D eigenvalue weighted by molar-refractivity contribution is 0.0871. The predicted molar refractivity (Wildman–Crippen MR) is 145 cm³/mol. The zero-order valence-electron chi connectivity index (χ0n) is 21.9. The van der Waals surface area contributed by atoms with Crippen molar-refractivity contribution >= 4 is 35.1 Å². The van der Waals surface area contributed by atoms with Gasteiger partial charge >= 0.3 is 6.09 Å². The first-order valence-electron chi connectivity index (χ1n) is 12.2. The normalized spacial score (nSPS) is 14.6. The Morgan fingerprint density at radius 2 is 1.87 bits per heavy atom. The maximum Gasteiger partial charge on any atom is 0.407 e. The molecule has 0 aliphatic carbocycles. The number of carbonyl (C=O) groups excluding carboxylic acids is 1. The Morgan fingerprint density at radius 1 is 1.18 bits per heavy atom. The Hall–Kier alpha value is -3.92. The van der Waals surface area contributed by atoms with E-state index in [4.69, 9.17) is 16.3 Å². The number of nitrogens with zero attached hydrogens (tertiary/aromatic N) is 5. The van der Waals surface area contributed by atoms with Crippen molar-refractivity contribution in [2.24, 2.45) is 0 Å². The van der Waals surface area contributed by atoms with Crippen LogP contribution in [0.3, 0.4) is 0 Å². The summed E-state index contributed by atoms with van der Waals surface area (Å²) < 4.78 is 5.20. The molecule has 1 aliphatic heterocycles. The molecule has 1 aromatic carbocycles. The largest absolute Gasteiger partial charge is 0.497 e. The number of carboxylic acid groups (broad SMARTS) is 1. The van der Waals surface area contributed by atoms with Gasteiger partial charge in [-0.3, -0.25) is 4.79 Å². The second-order valence-electron chi connectivity index (χ2n) is 9.56. The quantitative estimate of drug-likeness (QED) is 0.394. The molecule has 2 N–H and O–H groups in total. The number of ketones is 1. The third-order valence-corrected chi connectivity index (χ3v) is 7.52. The van der Waals surface area contributed by atoms with Crippen LogP contribution in [0.1, 0.15) is 46.9 Å². The van der Waals surface area contributed by atoms with Crippen LogP contribution in [-0.4, -0.2) is 69.6 Å². The molecule has 1 fully saturated rings. The maximum atomic E-state index is 13.4. The van der Waals surface area contributed by atoms with Crippen LogP contribution in [0.15, 0.2) is 42.7 Å². The molecule has 0 atom stereocenters. The third-order valence-electron chi connectivity index (χ3n) is 7.26. The average molecular weight is 539 g/mol. The molecule has 2 aromatic heterocycles. The van der Waals surface area contributed by atoms with Crippen molar-refractivity contribution in [2.45, 2.75) is 38.8 Å². The number of ether oxygens (including phenoxy) is 1. The highest BCUT2D eigenvalue weighted by atomic mass is 35.5. The molecular formula is C27H31ClN6O4. The number of hydrogen-bond acceptors (Lipinski definition) is 8. The molecule has 0 unspecified atom stereocenters. The fourth-order valence-corrected chi connectivity index (χ4v) is 4.68. The molecule has 3 heterocycles. The molecule has 0 bridgehead atoms. The lowest BCUT2D eigenvalue weighted by Crippen LogP contribution is -2.54. The Bertz CT molecular complexity index is 1330. The number of pyridine rings is 1. The van der Waals surface area contributed by atoms with E-state index < -0.39 is 11.6 Å². The zero-order chi connectivity index (χ0) is 27.4. The number of methoxy groups -OCH3 is 1. The highest BCUT2D eigenvalue weighted by Crippen LogP contribution is 2.31. The van der Waals surface area contributed by atoms with Gasteiger partial charge in [-0.25, -0.2) is 19.7 Å². The molecular weight excluding hydrogens is 508 g/mol. The molecule has 1 amide bonds. The van der Waals surface area contributed by atoms with Crippen molar-refractivity contribution in [2.75, 3.05) is 37.5 Å². The topological polar surface area (TPSA) is 121 Å². The Morgan fingerprint density at radius 3 is 2.47 bits per heavy atom. The van der Waals surface area contributed by atoms with Gasteiger partial charge in [-0.1, -0.05) is 23.7 Å². The summed E-state index contributed by atoms with van der Waals surface area (Å²) in [5.41, 5.74) is 1.78. The number of piperidine rings is 1. The van der Waals surface area contributed by atoms with Crippen molar-refractivity contribution in [1.82, 2.24) is 19.9 Å². The Kier molecular flexibility index (Phi) is 8.01. The minimum atomic E-state index is -0.947. The molecule has 3 aromatic rings. The molecule has 0 spiro atoms. The van der Waals surface area contributed by atoms with Gasteiger partial charge in [-0.15, -0.1) is 0 Å². The van der Waals surface area contributed by atoms with Crippen molar-refractivity contribution in [3.05, 3.63) is 70.3 Å². The first-order valence-corrected chi connectivity index (χ1v) is 12.6. The van der Waals surface area contributed by atoms with Crippen LogP contribution < -0.4 is 15.0 Å². The first kappa shape index (κ1) is 27.1. The van der Waals surface area contributed by atoms with E-state index in [1.54, 1.807) is 32.6 Å². The molecule has 10 nitrogen and oxygen atoms in total. The van der Waals surface area contributed by atoms with E-state index in [1.165, 1.54) is 4.90 Å². The van der Waals surface area contributed by atoms with Crippen LogP contribution >= 0.6 is 11.6 Å². The second-order valence-corrected chi connectivity index (χ2v) is 9.91. The van der Waals surface area contributed by atoms with Gasteiger partial charge in [0.25, 0.3) is 0 Å². The van der Waals surface area contributed by atoms with Crippen LogP contribution in [-0.2, 0) is 6.54 Å². The number of amides is 1. The molecule has 200 valence electrons. The summed E-state index contributed by atoms with van der Waals surface area (Å²) in [5.74, 6) is 1.59. The Balaban J connectivity index is 1.46. The van der Waals surface area contributed by atoms with E-state index in [1.807, 2.05) is 43.0 Å². The fraction of sp³-hybridized carbons (Fsp3) is 0.370. The van der Waals surface area contributed by atoms with Gasteiger partial charge in [-0.05, 0) is 50.5 Å². The molecule has 1 saturated heterocycles. The van der Waals surface area contributed by atoms with Crippen LogP contribution in [0.2, 0.25) is 5.15 Å². The summed E-state index contributed by atoms with van der Waals surface area (Å²) >= 11 is 6.45. The minimum Gasteiger partial charge on any atom is -0.497 e. The molecule has 0 saturated carbocycles. The number of hydrogen-bond donors (Lipinski definition) is 2. The monoisotopic (exact) mass is 538 g/mol. The molecule has 4 rings (SSSR count). The van der Waals surface area contributed by atoms with Crippen molar-refractivity contribution in [3.8, 4) is 5.75 Å². The second kappa shape index (κ2) is 11.2. The summed E-state index contributed by atoms with van der Waals surface area (Å²) in [5, 5.41) is 12.7. The average Bonchev–Trinajstić information content (AvgIpc) is 2.92. The van der Waals surface area contributed by atoms with E-state index in [2.05, 4.69) is 20.3 Å². The molecule has 11 heteroatoms. The number of rotatable bonds is 8. The highest BCUT2D eigenvalue weighted by molar-refractivity contribution is 6.33. The lowest BCUT2D eigenvalue weighted by Gasteiger charge is -2.44. The molecule has 1 aliphatic rings. The zero-order valence-corrected chi connectivity index (χ0v) is 22.6. The van der Waals surface area contributed by atoms with Gasteiger partial charge < -0.3 is 25.0 Å². The van der Waals surface area contributed by atoms with E-state index in [0.717, 1.165) is 11.3 Å². The van der Waals surface area contributed by atoms with Gasteiger partial charge in [0.1, 0.15) is 23.1 Å². The molecule has 0 radical (unpaired) electrons. The van der Waals surface area contributed by atoms with Gasteiger partial charge in [-0.2, -0.15) is 0 Å². The number of nitrogens with one attached hydrogen (secondary N) is 1. The highest BCUT2D eigenvalue weighted by Gasteiger charge is 2.37. The van der Waals surface area contributed by atoms with Crippen LogP contribution in [0, 0.1) is 6.92 Å². The Labute approximate surface area is 226 Å². The summed E-state index contributed by atoms with van der Waals surface area (Å²) in [7, 11) is 3.22. The SMILES string of the molecule is COc1ccc(CNc2nccc(C(=O)c3ncc(N4CCC(C)(N(C)C(=O)O)CC4)nc3Cl)c2C)cc1. The number of carbonyl (C=O) groups is 2. The maximum absolute atomic E-state index is 13.4. The van der Waals surface area contributed by atoms with E-state index in [-0.39, 0.29) is 16.6 Å². The lowest BCUT2D eigenvalue weighted by atomic mass is 9.88. The standard InChI is InChI=1S/C27H31ClN6O4/c1-17-20(9-12-29-25(17)31-15-18-5-7-19(38-4)8-6-18)23(35)22-24(28)32-21(16-30-22)34-13-10-27(2,11-14-34)33(3)26(36)37/h5-9,12,16H,10-11,13-15H2,1-4H3,(H,29,31)(H,36,37). The van der Waals surface area contributed by atoms with Crippen molar-refractivity contribution < 1.29 is 19.4 Å². The van der Waals surface area contributed by atoms with E-state index in [0.29, 0.717) is 55.2 Å². The van der Waals surface area contributed by atoms with Gasteiger partial charge in [0.2, 0.25) is 5.78 Å². The number of halogens is 1. The number of anilines is 2. The van der Waals surface area contributed by atoms with E-state index in [9.17, 15) is 14.7 Å². The smallest absolute Gasteiger partial charge is 0.407 e. The molecule has 38 heavy (non-hydrogen) atoms. The summed E-state index contributed by atoms with van der Waals surface area (Å²) in [6.45, 7) is 5.49. The van der Waals surface area contributed by atoms with Crippen LogP contribution in [0.4, 0.5) is 16.4 Å². The minimum absolute atomic E-state index is 0.0208. The van der Waals surface area contributed by atoms with Crippen molar-refractivity contribution in [3.63, 3.8) is 0 Å². The van der Waals surface area contributed by atoms with Crippen LogP contribution in [0.5, 0.6) is 5.75 Å². The van der Waals surface area contributed by atoms with Crippen LogP contribution in [0.25, 0.3) is 0 Å². The van der Waals surface area contributed by atoms with Gasteiger partial charge in [0.15, 0.2) is 5.15 Å². The summed E-state index contributed by atoms with van der Waals surface area (Å²) in [6.07, 6.45) is 3.45. The number of benzene rings is 1. The number of aromatic nitrogens is 3. The van der Waals surface area contributed by atoms with Gasteiger partial charge in [0, 0.05) is 49.5 Å². The van der Waals surface area contributed by atoms with Gasteiger partial charge in [0.05, 0.1) is 13.3 Å². The first-order chi connectivity index (χ1) is 18.1. The third kappa shape index (κ3) is 5.65. The fourth-order valence-electron chi connectivity index (χ4n) is 4.46.